The van der Waals surface area contributed by atoms with E-state index in [0.29, 0.717) is 19.6 Å². The van der Waals surface area contributed by atoms with Crippen LogP contribution in [0.4, 0.5) is 4.79 Å². The molecule has 2 saturated heterocycles. The Hall–Kier alpha value is -2.04. The van der Waals surface area contributed by atoms with Crippen LogP contribution in [0.2, 0.25) is 0 Å². The van der Waals surface area contributed by atoms with Gasteiger partial charge in [0.2, 0.25) is 5.91 Å². The summed E-state index contributed by atoms with van der Waals surface area (Å²) in [6.45, 7) is 3.72. The van der Waals surface area contributed by atoms with Gasteiger partial charge in [0, 0.05) is 25.7 Å². The normalized spacial score (nSPS) is 29.0. The quantitative estimate of drug-likeness (QED) is 0.912. The van der Waals surface area contributed by atoms with E-state index >= 15 is 0 Å². The van der Waals surface area contributed by atoms with Gasteiger partial charge < -0.3 is 14.9 Å². The second-order valence-corrected chi connectivity index (χ2v) is 6.47. The minimum atomic E-state index is -0.887. The molecule has 5 nitrogen and oxygen atoms in total. The van der Waals surface area contributed by atoms with Gasteiger partial charge in [0.15, 0.2) is 0 Å². The zero-order chi connectivity index (χ0) is 15.7. The van der Waals surface area contributed by atoms with E-state index in [9.17, 15) is 9.59 Å². The fraction of sp³-hybridized carbons (Fsp3) is 0.529. The molecule has 2 fully saturated rings. The lowest BCUT2D eigenvalue weighted by Gasteiger charge is -2.37. The van der Waals surface area contributed by atoms with Crippen LogP contribution < -0.4 is 0 Å². The number of carboxylic acid groups (broad SMARTS) is 1. The molecule has 2 atom stereocenters. The zero-order valence-electron chi connectivity index (χ0n) is 12.9. The van der Waals surface area contributed by atoms with Gasteiger partial charge in [0.25, 0.3) is 0 Å². The van der Waals surface area contributed by atoms with E-state index in [1.807, 2.05) is 42.2 Å². The molecule has 3 rings (SSSR count). The Balaban J connectivity index is 1.78. The minimum Gasteiger partial charge on any atom is -0.465 e. The third-order valence-electron chi connectivity index (χ3n) is 5.10. The molecular formula is C17H22N2O3. The molecule has 1 aromatic carbocycles. The summed E-state index contributed by atoms with van der Waals surface area (Å²) in [5.74, 6) is 0.135. The second-order valence-electron chi connectivity index (χ2n) is 6.47. The highest BCUT2D eigenvalue weighted by Gasteiger charge is 2.46. The monoisotopic (exact) mass is 302 g/mol. The topological polar surface area (TPSA) is 60.9 Å². The summed E-state index contributed by atoms with van der Waals surface area (Å²) in [5.41, 5.74) is 0.570. The van der Waals surface area contributed by atoms with Gasteiger partial charge >= 0.3 is 6.09 Å². The van der Waals surface area contributed by atoms with Crippen LogP contribution in [-0.4, -0.2) is 52.6 Å². The van der Waals surface area contributed by atoms with Crippen molar-refractivity contribution in [2.75, 3.05) is 19.6 Å². The Morgan fingerprint density at radius 1 is 1.27 bits per heavy atom. The van der Waals surface area contributed by atoms with Gasteiger partial charge in [-0.25, -0.2) is 4.79 Å². The van der Waals surface area contributed by atoms with Crippen molar-refractivity contribution in [1.82, 2.24) is 9.80 Å². The number of piperidine rings is 1. The number of carbonyl (C=O) groups is 2. The van der Waals surface area contributed by atoms with Gasteiger partial charge in [-0.15, -0.1) is 0 Å². The fourth-order valence-corrected chi connectivity index (χ4v) is 3.67. The zero-order valence-corrected chi connectivity index (χ0v) is 12.9. The first kappa shape index (κ1) is 14.9. The number of nitrogens with zero attached hydrogens (tertiary/aromatic N) is 2. The van der Waals surface area contributed by atoms with Gasteiger partial charge in [-0.3, -0.25) is 4.79 Å². The Kier molecular flexibility index (Phi) is 3.81. The van der Waals surface area contributed by atoms with Gasteiger partial charge in [-0.1, -0.05) is 30.3 Å². The number of hydrogen-bond donors (Lipinski definition) is 1. The highest BCUT2D eigenvalue weighted by molar-refractivity contribution is 5.90. The first-order valence-corrected chi connectivity index (χ1v) is 7.87. The molecule has 2 amide bonds. The highest BCUT2D eigenvalue weighted by Crippen LogP contribution is 2.37. The van der Waals surface area contributed by atoms with Crippen LogP contribution in [0, 0.1) is 0 Å². The van der Waals surface area contributed by atoms with E-state index in [4.69, 9.17) is 5.11 Å². The van der Waals surface area contributed by atoms with Gasteiger partial charge in [-0.2, -0.15) is 0 Å². The predicted octanol–water partition coefficient (Wildman–Crippen LogP) is 2.32. The average Bonchev–Trinajstić information content (AvgIpc) is 2.85. The molecule has 0 saturated carbocycles. The van der Waals surface area contributed by atoms with Gasteiger partial charge in [-0.05, 0) is 31.7 Å². The molecule has 1 unspecified atom stereocenters. The van der Waals surface area contributed by atoms with Gasteiger partial charge in [0.05, 0.1) is 5.41 Å². The Morgan fingerprint density at radius 2 is 2.00 bits per heavy atom. The van der Waals surface area contributed by atoms with Crippen molar-refractivity contribution in [3.63, 3.8) is 0 Å². The molecule has 2 heterocycles. The van der Waals surface area contributed by atoms with E-state index in [-0.39, 0.29) is 11.9 Å². The number of hydrogen-bond acceptors (Lipinski definition) is 2. The Labute approximate surface area is 130 Å². The standard InChI is InChI=1S/C17H22N2O3/c1-17(13-6-3-2-4-7-13)9-11-19(15(17)20)14-8-5-10-18(12-14)16(21)22/h2-4,6-7,14H,5,8-12H2,1H3,(H,21,22)/t14?,17-/m0/s1. The molecule has 0 spiro atoms. The minimum absolute atomic E-state index is 0.0166. The van der Waals surface area contributed by atoms with Crippen molar-refractivity contribution >= 4 is 12.0 Å². The SMILES string of the molecule is C[C@@]1(c2ccccc2)CCN(C2CCCN(C(=O)O)C2)C1=O. The van der Waals surface area contributed by atoms with Crippen LogP contribution >= 0.6 is 0 Å². The number of benzene rings is 1. The summed E-state index contributed by atoms with van der Waals surface area (Å²) in [7, 11) is 0. The van der Waals surface area contributed by atoms with Crippen LogP contribution in [0.5, 0.6) is 0 Å². The van der Waals surface area contributed by atoms with Crippen LogP contribution in [0.25, 0.3) is 0 Å². The first-order valence-electron chi connectivity index (χ1n) is 7.87. The van der Waals surface area contributed by atoms with Crippen molar-refractivity contribution < 1.29 is 14.7 Å². The summed E-state index contributed by atoms with van der Waals surface area (Å²) in [6.07, 6.45) is 1.62. The molecule has 2 aliphatic heterocycles. The van der Waals surface area contributed by atoms with E-state index in [2.05, 4.69) is 0 Å². The number of rotatable bonds is 2. The molecule has 0 aliphatic carbocycles. The molecule has 0 radical (unpaired) electrons. The van der Waals surface area contributed by atoms with Crippen molar-refractivity contribution in [2.24, 2.45) is 0 Å². The maximum atomic E-state index is 13.0. The third-order valence-corrected chi connectivity index (χ3v) is 5.10. The van der Waals surface area contributed by atoms with Gasteiger partial charge in [0.1, 0.15) is 0 Å². The molecule has 2 aliphatic rings. The summed E-state index contributed by atoms with van der Waals surface area (Å²) >= 11 is 0. The van der Waals surface area contributed by atoms with Crippen LogP contribution in [-0.2, 0) is 10.2 Å². The first-order chi connectivity index (χ1) is 10.5. The Bertz CT molecular complexity index is 575. The third kappa shape index (κ3) is 2.45. The van der Waals surface area contributed by atoms with E-state index in [0.717, 1.165) is 24.8 Å². The maximum absolute atomic E-state index is 13.0. The lowest BCUT2D eigenvalue weighted by atomic mass is 9.81. The Morgan fingerprint density at radius 3 is 2.68 bits per heavy atom. The molecule has 1 N–H and O–H groups in total. The number of carbonyl (C=O) groups excluding carboxylic acids is 1. The predicted molar refractivity (Wildman–Crippen MR) is 82.7 cm³/mol. The summed E-state index contributed by atoms with van der Waals surface area (Å²) in [4.78, 5) is 27.5. The summed E-state index contributed by atoms with van der Waals surface area (Å²) in [6, 6.07) is 9.91. The smallest absolute Gasteiger partial charge is 0.407 e. The fourth-order valence-electron chi connectivity index (χ4n) is 3.67. The van der Waals surface area contributed by atoms with Crippen LogP contribution in [0.3, 0.4) is 0 Å². The van der Waals surface area contributed by atoms with Crippen LogP contribution in [0.1, 0.15) is 31.7 Å². The molecular weight excluding hydrogens is 280 g/mol. The van der Waals surface area contributed by atoms with E-state index in [1.165, 1.54) is 4.90 Å². The largest absolute Gasteiger partial charge is 0.465 e. The lowest BCUT2D eigenvalue weighted by molar-refractivity contribution is -0.134. The lowest BCUT2D eigenvalue weighted by Crippen LogP contribution is -2.51. The molecule has 22 heavy (non-hydrogen) atoms. The maximum Gasteiger partial charge on any atom is 0.407 e. The number of amides is 2. The molecule has 1 aromatic rings. The van der Waals surface area contributed by atoms with E-state index < -0.39 is 11.5 Å². The van der Waals surface area contributed by atoms with Crippen molar-refractivity contribution in [2.45, 2.75) is 37.6 Å². The van der Waals surface area contributed by atoms with Crippen LogP contribution in [0.15, 0.2) is 30.3 Å². The molecule has 0 bridgehead atoms. The second kappa shape index (κ2) is 5.63. The van der Waals surface area contributed by atoms with E-state index in [1.54, 1.807) is 0 Å². The summed E-state index contributed by atoms with van der Waals surface area (Å²) < 4.78 is 0. The number of likely N-dealkylation sites (tertiary alicyclic amines) is 2. The molecule has 118 valence electrons. The van der Waals surface area contributed by atoms with Crippen molar-refractivity contribution in [3.8, 4) is 0 Å². The average molecular weight is 302 g/mol. The van der Waals surface area contributed by atoms with Crippen molar-refractivity contribution in [3.05, 3.63) is 35.9 Å². The van der Waals surface area contributed by atoms with Crippen molar-refractivity contribution in [1.29, 1.82) is 0 Å². The highest BCUT2D eigenvalue weighted by atomic mass is 16.4. The molecule has 0 aromatic heterocycles. The summed E-state index contributed by atoms with van der Waals surface area (Å²) in [5, 5.41) is 9.17. The molecule has 5 heteroatoms.